The molecule has 1 atom stereocenters. The van der Waals surface area contributed by atoms with Gasteiger partial charge in [0.05, 0.1) is 13.2 Å². The van der Waals surface area contributed by atoms with Gasteiger partial charge in [0.15, 0.2) is 5.11 Å². The van der Waals surface area contributed by atoms with Crippen molar-refractivity contribution in [2.24, 2.45) is 0 Å². The first-order valence-electron chi connectivity index (χ1n) is 13.0. The average molecular weight is 496 g/mol. The van der Waals surface area contributed by atoms with Crippen LogP contribution < -0.4 is 25.3 Å². The summed E-state index contributed by atoms with van der Waals surface area (Å²) < 4.78 is 5.55. The summed E-state index contributed by atoms with van der Waals surface area (Å²) in [5.41, 5.74) is 2.50. The summed E-state index contributed by atoms with van der Waals surface area (Å²) in [6, 6.07) is 11.4. The fourth-order valence-electron chi connectivity index (χ4n) is 5.15. The van der Waals surface area contributed by atoms with Crippen molar-refractivity contribution < 1.29 is 4.74 Å². The van der Waals surface area contributed by atoms with Crippen LogP contribution in [0.5, 0.6) is 0 Å². The number of ether oxygens (including phenoxy) is 1. The Morgan fingerprint density at radius 3 is 2.40 bits per heavy atom. The number of hydrogen-bond acceptors (Lipinski definition) is 7. The third-order valence-electron chi connectivity index (χ3n) is 7.22. The number of nitrogens with one attached hydrogen (secondary N) is 2. The monoisotopic (exact) mass is 495 g/mol. The van der Waals surface area contributed by atoms with E-state index in [1.807, 2.05) is 0 Å². The lowest BCUT2D eigenvalue weighted by atomic mass is 10.0. The maximum atomic E-state index is 5.61. The van der Waals surface area contributed by atoms with Crippen LogP contribution in [0.15, 0.2) is 30.3 Å². The van der Waals surface area contributed by atoms with Gasteiger partial charge in [-0.05, 0) is 68.9 Å². The Labute approximate surface area is 214 Å². The highest BCUT2D eigenvalue weighted by atomic mass is 32.1. The lowest BCUT2D eigenvalue weighted by molar-refractivity contribution is 0.122. The van der Waals surface area contributed by atoms with E-state index >= 15 is 0 Å². The molecule has 35 heavy (non-hydrogen) atoms. The topological polar surface area (TPSA) is 68.8 Å². The van der Waals surface area contributed by atoms with Gasteiger partial charge in [0.2, 0.25) is 5.95 Å². The third kappa shape index (κ3) is 6.13. The normalized spacial score (nSPS) is 20.7. The number of rotatable bonds is 6. The largest absolute Gasteiger partial charge is 0.378 e. The Bertz CT molecular complexity index is 990. The summed E-state index contributed by atoms with van der Waals surface area (Å²) in [6.07, 6.45) is 6.24. The molecule has 188 valence electrons. The highest BCUT2D eigenvalue weighted by Crippen LogP contribution is 2.27. The molecule has 2 N–H and O–H groups in total. The van der Waals surface area contributed by atoms with E-state index in [2.05, 4.69) is 62.6 Å². The summed E-state index contributed by atoms with van der Waals surface area (Å²) in [5, 5.41) is 7.10. The Hall–Kier alpha value is -2.65. The number of morpholine rings is 1. The molecule has 0 aliphatic carbocycles. The maximum Gasteiger partial charge on any atom is 0.232 e. The third-order valence-corrected chi connectivity index (χ3v) is 7.46. The highest BCUT2D eigenvalue weighted by molar-refractivity contribution is 7.80. The average Bonchev–Trinajstić information content (AvgIpc) is 3.44. The molecule has 0 unspecified atom stereocenters. The van der Waals surface area contributed by atoms with Crippen molar-refractivity contribution in [1.29, 1.82) is 0 Å². The minimum absolute atomic E-state index is 0.470. The van der Waals surface area contributed by atoms with Gasteiger partial charge in [-0.25, -0.2) is 0 Å². The van der Waals surface area contributed by atoms with Crippen molar-refractivity contribution in [1.82, 2.24) is 15.3 Å². The zero-order chi connectivity index (χ0) is 24.0. The predicted molar refractivity (Wildman–Crippen MR) is 147 cm³/mol. The van der Waals surface area contributed by atoms with Gasteiger partial charge in [0, 0.05) is 57.1 Å². The second-order valence-corrected chi connectivity index (χ2v) is 10.1. The van der Waals surface area contributed by atoms with Crippen molar-refractivity contribution in [3.05, 3.63) is 35.9 Å². The molecule has 3 aliphatic rings. The molecule has 0 bridgehead atoms. The molecular formula is C26H37N7OS. The van der Waals surface area contributed by atoms with Gasteiger partial charge >= 0.3 is 0 Å². The summed E-state index contributed by atoms with van der Waals surface area (Å²) in [4.78, 5) is 16.8. The van der Waals surface area contributed by atoms with Gasteiger partial charge in [0.1, 0.15) is 11.6 Å². The molecule has 0 radical (unpaired) electrons. The van der Waals surface area contributed by atoms with Gasteiger partial charge < -0.3 is 30.1 Å². The van der Waals surface area contributed by atoms with E-state index in [1.54, 1.807) is 0 Å². The zero-order valence-corrected chi connectivity index (χ0v) is 21.5. The van der Waals surface area contributed by atoms with E-state index in [0.717, 1.165) is 57.6 Å². The molecule has 5 rings (SSSR count). The van der Waals surface area contributed by atoms with Crippen LogP contribution in [0.3, 0.4) is 0 Å². The maximum absolute atomic E-state index is 5.61. The fraction of sp³-hybridized carbons (Fsp3) is 0.577. The molecule has 8 nitrogen and oxygen atoms in total. The van der Waals surface area contributed by atoms with Gasteiger partial charge in [-0.3, -0.25) is 0 Å². The predicted octanol–water partition coefficient (Wildman–Crippen LogP) is 3.78. The quantitative estimate of drug-likeness (QED) is 0.583. The van der Waals surface area contributed by atoms with Gasteiger partial charge in [-0.1, -0.05) is 12.1 Å². The molecule has 1 aromatic carbocycles. The summed E-state index contributed by atoms with van der Waals surface area (Å²) in [7, 11) is 0. The zero-order valence-electron chi connectivity index (χ0n) is 20.7. The first kappa shape index (κ1) is 24.1. The fourth-order valence-corrected chi connectivity index (χ4v) is 5.31. The number of aromatic nitrogens is 2. The van der Waals surface area contributed by atoms with Crippen LogP contribution in [0, 0.1) is 0 Å². The molecule has 2 aromatic rings. The van der Waals surface area contributed by atoms with E-state index in [9.17, 15) is 0 Å². The Kier molecular flexibility index (Phi) is 7.83. The lowest BCUT2D eigenvalue weighted by Gasteiger charge is -2.35. The van der Waals surface area contributed by atoms with Crippen LogP contribution in [-0.4, -0.2) is 67.1 Å². The van der Waals surface area contributed by atoms with E-state index in [0.29, 0.717) is 23.6 Å². The van der Waals surface area contributed by atoms with E-state index < -0.39 is 0 Å². The molecular weight excluding hydrogens is 458 g/mol. The Morgan fingerprint density at radius 1 is 0.943 bits per heavy atom. The number of piperidine rings is 1. The summed E-state index contributed by atoms with van der Waals surface area (Å²) >= 11 is 5.61. The van der Waals surface area contributed by atoms with E-state index in [1.165, 1.54) is 43.4 Å². The second-order valence-electron chi connectivity index (χ2n) is 9.71. The van der Waals surface area contributed by atoms with Crippen molar-refractivity contribution in [3.8, 4) is 0 Å². The van der Waals surface area contributed by atoms with Gasteiger partial charge in [-0.15, -0.1) is 0 Å². The molecule has 4 heterocycles. The van der Waals surface area contributed by atoms with E-state index in [-0.39, 0.29) is 0 Å². The molecule has 0 saturated carbocycles. The van der Waals surface area contributed by atoms with Crippen LogP contribution >= 0.6 is 12.2 Å². The van der Waals surface area contributed by atoms with Crippen molar-refractivity contribution in [2.45, 2.75) is 51.6 Å². The van der Waals surface area contributed by atoms with Crippen LogP contribution in [0.25, 0.3) is 0 Å². The lowest BCUT2D eigenvalue weighted by Crippen LogP contribution is -2.40. The van der Waals surface area contributed by atoms with Crippen LogP contribution in [0.4, 0.5) is 23.3 Å². The molecule has 0 amide bonds. The molecule has 0 spiro atoms. The summed E-state index contributed by atoms with van der Waals surface area (Å²) in [5.74, 6) is 2.44. The first-order valence-corrected chi connectivity index (χ1v) is 13.4. The molecule has 3 fully saturated rings. The smallest absolute Gasteiger partial charge is 0.232 e. The van der Waals surface area contributed by atoms with Crippen LogP contribution in [-0.2, 0) is 11.3 Å². The minimum atomic E-state index is 0.470. The Morgan fingerprint density at radius 2 is 1.66 bits per heavy atom. The van der Waals surface area contributed by atoms with Crippen LogP contribution in [0.1, 0.15) is 44.6 Å². The molecule has 3 saturated heterocycles. The standard InChI is InChI=1S/C26H37N7OS/c1-20-6-2-3-13-33(20)24-18-23(32-14-16-34-17-15-32)28-25(29-24)30-26(35)27-19-21-7-9-22(10-8-21)31-11-4-5-12-31/h7-10,18,20H,2-6,11-17,19H2,1H3,(H2,27,28,29,30,35)/t20-/m0/s1. The number of benzene rings is 1. The molecule has 3 aliphatic heterocycles. The van der Waals surface area contributed by atoms with Gasteiger partial charge in [0.25, 0.3) is 0 Å². The molecule has 9 heteroatoms. The number of thiocarbonyl (C=S) groups is 1. The highest BCUT2D eigenvalue weighted by Gasteiger charge is 2.23. The second kappa shape index (κ2) is 11.4. The number of anilines is 4. The number of nitrogens with zero attached hydrogens (tertiary/aromatic N) is 5. The number of hydrogen-bond donors (Lipinski definition) is 2. The van der Waals surface area contributed by atoms with Crippen LogP contribution in [0.2, 0.25) is 0 Å². The minimum Gasteiger partial charge on any atom is -0.378 e. The van der Waals surface area contributed by atoms with Gasteiger partial charge in [-0.2, -0.15) is 9.97 Å². The Balaban J connectivity index is 1.25. The van der Waals surface area contributed by atoms with Crippen molar-refractivity contribution >= 4 is 40.6 Å². The summed E-state index contributed by atoms with van der Waals surface area (Å²) in [6.45, 7) is 9.40. The van der Waals surface area contributed by atoms with Crippen molar-refractivity contribution in [3.63, 3.8) is 0 Å². The first-order chi connectivity index (χ1) is 17.2. The SMILES string of the molecule is C[C@H]1CCCCN1c1cc(N2CCOCC2)nc(NC(=S)NCc2ccc(N3CCCC3)cc2)n1. The van der Waals surface area contributed by atoms with E-state index in [4.69, 9.17) is 26.9 Å². The molecule has 1 aromatic heterocycles. The van der Waals surface area contributed by atoms with Crippen molar-refractivity contribution in [2.75, 3.05) is 66.0 Å².